The number of hydrogen-bond acceptors (Lipinski definition) is 4. The summed E-state index contributed by atoms with van der Waals surface area (Å²) in [7, 11) is 0. The van der Waals surface area contributed by atoms with Crippen molar-refractivity contribution in [3.8, 4) is 0 Å². The van der Waals surface area contributed by atoms with Crippen LogP contribution in [0.25, 0.3) is 0 Å². The van der Waals surface area contributed by atoms with Crippen LogP contribution < -0.4 is 10.2 Å². The first-order valence-corrected chi connectivity index (χ1v) is 8.24. The molecule has 0 radical (unpaired) electrons. The summed E-state index contributed by atoms with van der Waals surface area (Å²) in [6.45, 7) is 4.31. The van der Waals surface area contributed by atoms with Crippen molar-refractivity contribution in [2.45, 2.75) is 26.3 Å². The fourth-order valence-corrected chi connectivity index (χ4v) is 3.31. The summed E-state index contributed by atoms with van der Waals surface area (Å²) in [5.74, 6) is 1.55. The van der Waals surface area contributed by atoms with E-state index >= 15 is 0 Å². The van der Waals surface area contributed by atoms with Crippen LogP contribution in [0.4, 0.5) is 23.1 Å². The van der Waals surface area contributed by atoms with E-state index in [0.717, 1.165) is 17.9 Å². The van der Waals surface area contributed by atoms with Crippen molar-refractivity contribution in [2.75, 3.05) is 10.2 Å². The molecule has 0 bridgehead atoms. The van der Waals surface area contributed by atoms with Gasteiger partial charge in [0.25, 0.3) is 0 Å². The topological polar surface area (TPSA) is 41.1 Å². The average molecular weight is 316 g/mol. The Hall–Kier alpha value is -2.88. The first kappa shape index (κ1) is 14.7. The summed E-state index contributed by atoms with van der Waals surface area (Å²) >= 11 is 0. The molecule has 4 rings (SSSR count). The van der Waals surface area contributed by atoms with Crippen molar-refractivity contribution in [3.05, 3.63) is 71.9 Å². The van der Waals surface area contributed by atoms with Crippen molar-refractivity contribution in [3.63, 3.8) is 0 Å². The lowest BCUT2D eigenvalue weighted by molar-refractivity contribution is 0.749. The monoisotopic (exact) mass is 316 g/mol. The SMILES string of the molecule is Cc1cccc(Nc2nccc(N3c4ccccc4CC3C)n2)c1. The number of nitrogens with zero attached hydrogens (tertiary/aromatic N) is 3. The molecular formula is C20H20N4. The number of anilines is 4. The van der Waals surface area contributed by atoms with Gasteiger partial charge in [0.05, 0.1) is 0 Å². The molecule has 1 aliphatic heterocycles. The summed E-state index contributed by atoms with van der Waals surface area (Å²) in [5, 5.41) is 3.30. The maximum atomic E-state index is 4.73. The predicted octanol–water partition coefficient (Wildman–Crippen LogP) is 4.61. The third-order valence-corrected chi connectivity index (χ3v) is 4.37. The standard InChI is InChI=1S/C20H20N4/c1-14-6-5-8-17(12-14)22-20-21-11-10-19(23-20)24-15(2)13-16-7-3-4-9-18(16)24/h3-12,15H,13H2,1-2H3,(H,21,22,23). The number of rotatable bonds is 3. The lowest BCUT2D eigenvalue weighted by Gasteiger charge is -2.24. The van der Waals surface area contributed by atoms with Gasteiger partial charge in [0.1, 0.15) is 5.82 Å². The van der Waals surface area contributed by atoms with Gasteiger partial charge in [-0.15, -0.1) is 0 Å². The number of hydrogen-bond donors (Lipinski definition) is 1. The van der Waals surface area contributed by atoms with Crippen LogP contribution in [0.15, 0.2) is 60.8 Å². The van der Waals surface area contributed by atoms with Crippen LogP contribution in [0.1, 0.15) is 18.1 Å². The molecule has 0 fully saturated rings. The van der Waals surface area contributed by atoms with Crippen LogP contribution in [0.5, 0.6) is 0 Å². The summed E-state index contributed by atoms with van der Waals surface area (Å²) in [6.07, 6.45) is 2.86. The van der Waals surface area contributed by atoms with Crippen LogP contribution in [-0.2, 0) is 6.42 Å². The lowest BCUT2D eigenvalue weighted by Crippen LogP contribution is -2.25. The van der Waals surface area contributed by atoms with E-state index in [9.17, 15) is 0 Å². The smallest absolute Gasteiger partial charge is 0.229 e. The maximum absolute atomic E-state index is 4.73. The van der Waals surface area contributed by atoms with Crippen molar-refractivity contribution in [2.24, 2.45) is 0 Å². The molecule has 120 valence electrons. The second-order valence-corrected chi connectivity index (χ2v) is 6.28. The van der Waals surface area contributed by atoms with Gasteiger partial charge < -0.3 is 10.2 Å². The quantitative estimate of drug-likeness (QED) is 0.766. The molecule has 0 spiro atoms. The highest BCUT2D eigenvalue weighted by atomic mass is 15.3. The molecule has 4 nitrogen and oxygen atoms in total. The molecule has 4 heteroatoms. The highest BCUT2D eigenvalue weighted by Crippen LogP contribution is 2.37. The molecule has 1 aliphatic rings. The second-order valence-electron chi connectivity index (χ2n) is 6.28. The summed E-state index contributed by atoms with van der Waals surface area (Å²) < 4.78 is 0. The van der Waals surface area contributed by atoms with Gasteiger partial charge in [0, 0.05) is 23.6 Å². The third kappa shape index (κ3) is 2.71. The number of fused-ring (bicyclic) bond motifs is 1. The van der Waals surface area contributed by atoms with Gasteiger partial charge in [-0.3, -0.25) is 0 Å². The normalized spacial score (nSPS) is 16.1. The summed E-state index contributed by atoms with van der Waals surface area (Å²) in [5.41, 5.74) is 4.82. The minimum Gasteiger partial charge on any atom is -0.324 e. The van der Waals surface area contributed by atoms with E-state index in [1.54, 1.807) is 0 Å². The number of benzene rings is 2. The second kappa shape index (κ2) is 5.96. The summed E-state index contributed by atoms with van der Waals surface area (Å²) in [6, 6.07) is 19.1. The van der Waals surface area contributed by atoms with E-state index in [1.165, 1.54) is 16.8 Å². The van der Waals surface area contributed by atoms with E-state index in [4.69, 9.17) is 4.98 Å². The highest BCUT2D eigenvalue weighted by Gasteiger charge is 2.27. The fourth-order valence-electron chi connectivity index (χ4n) is 3.31. The van der Waals surface area contributed by atoms with Gasteiger partial charge >= 0.3 is 0 Å². The molecule has 2 heterocycles. The molecule has 1 aromatic heterocycles. The van der Waals surface area contributed by atoms with E-state index in [0.29, 0.717) is 12.0 Å². The van der Waals surface area contributed by atoms with Crippen molar-refractivity contribution < 1.29 is 0 Å². The molecule has 0 saturated carbocycles. The summed E-state index contributed by atoms with van der Waals surface area (Å²) in [4.78, 5) is 11.4. The Balaban J connectivity index is 1.66. The molecule has 1 atom stereocenters. The number of para-hydroxylation sites is 1. The molecular weight excluding hydrogens is 296 g/mol. The fraction of sp³-hybridized carbons (Fsp3) is 0.200. The van der Waals surface area contributed by atoms with Crippen molar-refractivity contribution in [1.29, 1.82) is 0 Å². The molecule has 1 unspecified atom stereocenters. The largest absolute Gasteiger partial charge is 0.324 e. The molecule has 0 saturated heterocycles. The zero-order valence-electron chi connectivity index (χ0n) is 13.9. The Morgan fingerprint density at radius 3 is 2.83 bits per heavy atom. The Morgan fingerprint density at radius 2 is 1.96 bits per heavy atom. The minimum atomic E-state index is 0.393. The molecule has 3 aromatic rings. The zero-order chi connectivity index (χ0) is 16.5. The predicted molar refractivity (Wildman–Crippen MR) is 98.2 cm³/mol. The first-order chi connectivity index (χ1) is 11.7. The van der Waals surface area contributed by atoms with Crippen molar-refractivity contribution in [1.82, 2.24) is 9.97 Å². The lowest BCUT2D eigenvalue weighted by atomic mass is 10.1. The third-order valence-electron chi connectivity index (χ3n) is 4.37. The van der Waals surface area contributed by atoms with Gasteiger partial charge in [-0.05, 0) is 55.7 Å². The zero-order valence-corrected chi connectivity index (χ0v) is 13.9. The van der Waals surface area contributed by atoms with Gasteiger partial charge in [-0.2, -0.15) is 4.98 Å². The molecule has 24 heavy (non-hydrogen) atoms. The van der Waals surface area contributed by atoms with Crippen LogP contribution in [0.3, 0.4) is 0 Å². The van der Waals surface area contributed by atoms with E-state index in [1.807, 2.05) is 24.4 Å². The molecule has 0 amide bonds. The van der Waals surface area contributed by atoms with E-state index < -0.39 is 0 Å². The van der Waals surface area contributed by atoms with Crippen LogP contribution >= 0.6 is 0 Å². The Labute approximate surface area is 142 Å². The van der Waals surface area contributed by atoms with Gasteiger partial charge in [-0.1, -0.05) is 30.3 Å². The van der Waals surface area contributed by atoms with Crippen LogP contribution in [0.2, 0.25) is 0 Å². The first-order valence-electron chi connectivity index (χ1n) is 8.24. The number of aryl methyl sites for hydroxylation is 1. The molecule has 2 aromatic carbocycles. The van der Waals surface area contributed by atoms with Gasteiger partial charge in [0.15, 0.2) is 0 Å². The average Bonchev–Trinajstić information content (AvgIpc) is 2.91. The van der Waals surface area contributed by atoms with Crippen LogP contribution in [0, 0.1) is 6.92 Å². The maximum Gasteiger partial charge on any atom is 0.229 e. The van der Waals surface area contributed by atoms with Crippen molar-refractivity contribution >= 4 is 23.1 Å². The van der Waals surface area contributed by atoms with E-state index in [-0.39, 0.29) is 0 Å². The number of nitrogens with one attached hydrogen (secondary N) is 1. The van der Waals surface area contributed by atoms with Crippen LogP contribution in [-0.4, -0.2) is 16.0 Å². The minimum absolute atomic E-state index is 0.393. The van der Waals surface area contributed by atoms with Gasteiger partial charge in [0.2, 0.25) is 5.95 Å². The molecule has 0 aliphatic carbocycles. The highest BCUT2D eigenvalue weighted by molar-refractivity contribution is 5.69. The molecule has 1 N–H and O–H groups in total. The Morgan fingerprint density at radius 1 is 1.08 bits per heavy atom. The number of aromatic nitrogens is 2. The van der Waals surface area contributed by atoms with E-state index in [2.05, 4.69) is 65.4 Å². The Bertz CT molecular complexity index is 875. The Kier molecular flexibility index (Phi) is 3.65. The van der Waals surface area contributed by atoms with Gasteiger partial charge in [-0.25, -0.2) is 4.98 Å².